The molecule has 0 N–H and O–H groups in total. The van der Waals surface area contributed by atoms with Crippen LogP contribution in [0.1, 0.15) is 30.9 Å². The smallest absolute Gasteiger partial charge is 0.233 e. The second kappa shape index (κ2) is 8.82. The summed E-state index contributed by atoms with van der Waals surface area (Å²) in [5, 5.41) is 0.400. The molecule has 0 radical (unpaired) electrons. The van der Waals surface area contributed by atoms with E-state index in [9.17, 15) is 4.39 Å². The molecule has 7 heteroatoms. The summed E-state index contributed by atoms with van der Waals surface area (Å²) in [6.45, 7) is 4.81. The van der Waals surface area contributed by atoms with Crippen molar-refractivity contribution in [2.45, 2.75) is 26.3 Å². The Morgan fingerprint density at radius 2 is 1.93 bits per heavy atom. The second-order valence-corrected chi connectivity index (χ2v) is 8.37. The SMILES string of the molecule is CC(C)c1ccc2oc(-c3cc(Br)c[n+](Cc4ccc(F)cc4Cl)c3)nc2c1.[Cl-]. The summed E-state index contributed by atoms with van der Waals surface area (Å²) in [7, 11) is 0. The number of benzene rings is 2. The van der Waals surface area contributed by atoms with Gasteiger partial charge in [-0.3, -0.25) is 0 Å². The van der Waals surface area contributed by atoms with Gasteiger partial charge < -0.3 is 16.8 Å². The van der Waals surface area contributed by atoms with Gasteiger partial charge in [-0.2, -0.15) is 4.57 Å². The Bertz CT molecular complexity index is 1180. The third kappa shape index (κ3) is 4.80. The number of oxazole rings is 1. The van der Waals surface area contributed by atoms with Gasteiger partial charge in [0.25, 0.3) is 0 Å². The van der Waals surface area contributed by atoms with E-state index < -0.39 is 0 Å². The normalized spacial score (nSPS) is 11.1. The number of aromatic nitrogens is 2. The Morgan fingerprint density at radius 1 is 1.14 bits per heavy atom. The third-order valence-corrected chi connectivity index (χ3v) is 5.37. The van der Waals surface area contributed by atoms with Crippen molar-refractivity contribution in [1.82, 2.24) is 4.98 Å². The van der Waals surface area contributed by atoms with Crippen LogP contribution in [0.2, 0.25) is 5.02 Å². The highest BCUT2D eigenvalue weighted by Gasteiger charge is 2.16. The fourth-order valence-electron chi connectivity index (χ4n) is 3.08. The number of rotatable bonds is 4. The Morgan fingerprint density at radius 3 is 2.66 bits per heavy atom. The average Bonchev–Trinajstić information content (AvgIpc) is 3.07. The monoisotopic (exact) mass is 494 g/mol. The molecule has 29 heavy (non-hydrogen) atoms. The van der Waals surface area contributed by atoms with Gasteiger partial charge >= 0.3 is 0 Å². The first kappa shape index (κ1) is 21.8. The van der Waals surface area contributed by atoms with Crippen molar-refractivity contribution in [2.75, 3.05) is 0 Å². The molecule has 0 unspecified atom stereocenters. The van der Waals surface area contributed by atoms with Gasteiger partial charge in [0.1, 0.15) is 16.9 Å². The van der Waals surface area contributed by atoms with E-state index >= 15 is 0 Å². The van der Waals surface area contributed by atoms with Crippen LogP contribution in [0.4, 0.5) is 4.39 Å². The lowest BCUT2D eigenvalue weighted by molar-refractivity contribution is -0.688. The summed E-state index contributed by atoms with van der Waals surface area (Å²) in [6.07, 6.45) is 3.88. The molecule has 0 saturated carbocycles. The van der Waals surface area contributed by atoms with Crippen molar-refractivity contribution in [3.63, 3.8) is 0 Å². The molecule has 0 aliphatic rings. The van der Waals surface area contributed by atoms with Crippen molar-refractivity contribution in [1.29, 1.82) is 0 Å². The maximum absolute atomic E-state index is 13.3. The number of fused-ring (bicyclic) bond motifs is 1. The molecular weight excluding hydrogens is 478 g/mol. The Kier molecular flexibility index (Phi) is 6.62. The Labute approximate surface area is 188 Å². The van der Waals surface area contributed by atoms with Crippen LogP contribution in [0.25, 0.3) is 22.6 Å². The minimum Gasteiger partial charge on any atom is -1.00 e. The van der Waals surface area contributed by atoms with Gasteiger partial charge in [-0.1, -0.05) is 31.5 Å². The summed E-state index contributed by atoms with van der Waals surface area (Å²) < 4.78 is 22.1. The molecule has 4 rings (SSSR count). The highest BCUT2D eigenvalue weighted by atomic mass is 79.9. The molecule has 0 saturated heterocycles. The fraction of sp³-hybridized carbons (Fsp3) is 0.182. The molecule has 150 valence electrons. The van der Waals surface area contributed by atoms with Gasteiger partial charge in [-0.15, -0.1) is 0 Å². The number of hydrogen-bond acceptors (Lipinski definition) is 2. The van der Waals surface area contributed by atoms with E-state index in [-0.39, 0.29) is 18.2 Å². The van der Waals surface area contributed by atoms with Crippen LogP contribution in [0, 0.1) is 5.82 Å². The second-order valence-electron chi connectivity index (χ2n) is 7.05. The molecule has 0 aliphatic heterocycles. The topological polar surface area (TPSA) is 29.9 Å². The predicted molar refractivity (Wildman–Crippen MR) is 112 cm³/mol. The van der Waals surface area contributed by atoms with Gasteiger partial charge in [0.05, 0.1) is 9.50 Å². The first-order chi connectivity index (χ1) is 13.4. The largest absolute Gasteiger partial charge is 1.00 e. The lowest BCUT2D eigenvalue weighted by atomic mass is 10.0. The molecule has 2 heterocycles. The molecule has 0 spiro atoms. The Balaban J connectivity index is 0.00000240. The summed E-state index contributed by atoms with van der Waals surface area (Å²) in [5.41, 5.74) is 4.50. The summed E-state index contributed by atoms with van der Waals surface area (Å²) in [6, 6.07) is 12.5. The van der Waals surface area contributed by atoms with Crippen LogP contribution in [-0.4, -0.2) is 4.98 Å². The average molecular weight is 496 g/mol. The molecule has 4 aromatic rings. The first-order valence-electron chi connectivity index (χ1n) is 8.93. The van der Waals surface area contributed by atoms with Gasteiger partial charge in [-0.25, -0.2) is 9.37 Å². The highest BCUT2D eigenvalue weighted by molar-refractivity contribution is 9.10. The van der Waals surface area contributed by atoms with E-state index in [0.29, 0.717) is 23.4 Å². The summed E-state index contributed by atoms with van der Waals surface area (Å²) in [5.74, 6) is 0.634. The number of nitrogens with zero attached hydrogens (tertiary/aromatic N) is 2. The highest BCUT2D eigenvalue weighted by Crippen LogP contribution is 2.28. The van der Waals surface area contributed by atoms with Gasteiger partial charge in [-0.05, 0) is 63.8 Å². The van der Waals surface area contributed by atoms with E-state index in [0.717, 1.165) is 26.7 Å². The predicted octanol–water partition coefficient (Wildman–Crippen LogP) is 3.51. The first-order valence-corrected chi connectivity index (χ1v) is 10.1. The van der Waals surface area contributed by atoms with Crippen LogP contribution in [0.5, 0.6) is 0 Å². The van der Waals surface area contributed by atoms with E-state index in [1.54, 1.807) is 6.07 Å². The van der Waals surface area contributed by atoms with Crippen LogP contribution >= 0.6 is 27.5 Å². The maximum atomic E-state index is 13.3. The Hall–Kier alpha value is -1.95. The van der Waals surface area contributed by atoms with Crippen LogP contribution in [-0.2, 0) is 6.54 Å². The van der Waals surface area contributed by atoms with Crippen molar-refractivity contribution in [3.8, 4) is 11.5 Å². The standard InChI is InChI=1S/C22H18BrClFN2O.ClH/c1-13(2)14-4-6-21-20(8-14)26-22(28-21)16-7-17(23)12-27(11-16)10-15-3-5-18(25)9-19(15)24;/h3-9,11-13H,10H2,1-2H3;1H/q+1;/p-1. The lowest BCUT2D eigenvalue weighted by Gasteiger charge is -2.03. The van der Waals surface area contributed by atoms with E-state index in [4.69, 9.17) is 16.0 Å². The molecule has 2 aromatic heterocycles. The zero-order valence-electron chi connectivity index (χ0n) is 15.8. The van der Waals surface area contributed by atoms with Crippen LogP contribution < -0.4 is 17.0 Å². The van der Waals surface area contributed by atoms with Crippen molar-refractivity contribution >= 4 is 38.6 Å². The summed E-state index contributed by atoms with van der Waals surface area (Å²) in [4.78, 5) is 4.67. The zero-order valence-corrected chi connectivity index (χ0v) is 18.9. The molecule has 0 bridgehead atoms. The van der Waals surface area contributed by atoms with Gasteiger partial charge in [0.2, 0.25) is 5.89 Å². The third-order valence-electron chi connectivity index (χ3n) is 4.58. The van der Waals surface area contributed by atoms with Crippen LogP contribution in [0.15, 0.2) is 63.7 Å². The number of hydrogen-bond donors (Lipinski definition) is 0. The quantitative estimate of drug-likeness (QED) is 0.405. The molecule has 0 atom stereocenters. The van der Waals surface area contributed by atoms with Crippen molar-refractivity contribution < 1.29 is 25.8 Å². The lowest BCUT2D eigenvalue weighted by Crippen LogP contribution is -3.00. The van der Waals surface area contributed by atoms with Gasteiger partial charge in [0, 0.05) is 5.56 Å². The zero-order chi connectivity index (χ0) is 19.8. The molecule has 0 amide bonds. The minimum absolute atomic E-state index is 0. The van der Waals surface area contributed by atoms with Crippen LogP contribution in [0.3, 0.4) is 0 Å². The maximum Gasteiger partial charge on any atom is 0.233 e. The van der Waals surface area contributed by atoms with Crippen molar-refractivity contribution in [2.24, 2.45) is 0 Å². The molecule has 0 aliphatic carbocycles. The molecular formula is C22H18BrCl2FN2O. The fourth-order valence-corrected chi connectivity index (χ4v) is 3.82. The number of pyridine rings is 1. The van der Waals surface area contributed by atoms with Gasteiger partial charge in [0.15, 0.2) is 24.5 Å². The van der Waals surface area contributed by atoms with E-state index in [2.05, 4.69) is 46.9 Å². The number of halogens is 4. The van der Waals surface area contributed by atoms with E-state index in [1.807, 2.05) is 29.1 Å². The van der Waals surface area contributed by atoms with Crippen molar-refractivity contribution in [3.05, 3.63) is 81.3 Å². The van der Waals surface area contributed by atoms with E-state index in [1.165, 1.54) is 17.7 Å². The molecule has 0 fully saturated rings. The summed E-state index contributed by atoms with van der Waals surface area (Å²) >= 11 is 9.72. The minimum atomic E-state index is -0.346. The molecule has 2 aromatic carbocycles. The molecule has 3 nitrogen and oxygen atoms in total.